The number of carbonyl (C=O) groups is 5. The smallest absolute Gasteiger partial charge is 0.373 e. The first-order chi connectivity index (χ1) is 30.7. The largest absolute Gasteiger partial charge is 0.463 e. The molecule has 2 N–H and O–H groups in total. The number of hydrogen-bond donors (Lipinski definition) is 2. The zero-order chi connectivity index (χ0) is 52.7. The van der Waals surface area contributed by atoms with Crippen LogP contribution in [0.3, 0.4) is 0 Å². The molecule has 382 valence electrons. The standard InChI is InChI=1S/C23H42O7.C15H30O4.C8H10O3.2CO2/c1-9-19(27-11-10-24)14-20(28-12-13-29-22(25)16(4)5)21(15(2)3)18(8)23(26)30-17(6)7;1-7-13(18-9-8-16)14(10(2)3)12(6)15(17)19-11(4)5;1-5(2)7(9)11-8(10)6(3)4;2*2-1-3/h15,17-21,24H,4,9-14H2,1-3,5-8H3;10-14,16H,7-9H2,1-6H3;1,3H2,2,4H3;;. The minimum Gasteiger partial charge on any atom is -0.463 e. The first-order valence-electron chi connectivity index (χ1n) is 22.0. The molecule has 18 nitrogen and oxygen atoms in total. The molecule has 0 aliphatic heterocycles. The van der Waals surface area contributed by atoms with Gasteiger partial charge in [-0.05, 0) is 73.1 Å². The summed E-state index contributed by atoms with van der Waals surface area (Å²) in [5.41, 5.74) is 0.722. The Morgan fingerprint density at radius 1 is 0.515 bits per heavy atom. The summed E-state index contributed by atoms with van der Waals surface area (Å²) in [6, 6.07) is 0. The summed E-state index contributed by atoms with van der Waals surface area (Å²) < 4.78 is 37.7. The Bertz CT molecular complexity index is 1440. The lowest BCUT2D eigenvalue weighted by molar-refractivity contribution is -0.193. The number of aliphatic hydroxyl groups is 2. The van der Waals surface area contributed by atoms with Gasteiger partial charge in [0.25, 0.3) is 0 Å². The van der Waals surface area contributed by atoms with Crippen LogP contribution >= 0.6 is 0 Å². The highest BCUT2D eigenvalue weighted by molar-refractivity contribution is 6.00. The van der Waals surface area contributed by atoms with Gasteiger partial charge in [-0.2, -0.15) is 19.2 Å². The van der Waals surface area contributed by atoms with Gasteiger partial charge in [0.2, 0.25) is 0 Å². The van der Waals surface area contributed by atoms with Crippen LogP contribution in [-0.2, 0) is 76.3 Å². The van der Waals surface area contributed by atoms with Crippen molar-refractivity contribution in [2.75, 3.05) is 39.6 Å². The molecule has 7 unspecified atom stereocenters. The molecule has 0 aliphatic rings. The third kappa shape index (κ3) is 36.5. The number of esters is 5. The molecule has 0 spiro atoms. The summed E-state index contributed by atoms with van der Waals surface area (Å²) in [6.45, 7) is 39.0. The number of aliphatic hydroxyl groups excluding tert-OH is 2. The first kappa shape index (κ1) is 70.3. The minimum absolute atomic E-state index is 0.00609. The molecule has 0 amide bonds. The fourth-order valence-electron chi connectivity index (χ4n) is 6.24. The molecule has 7 atom stereocenters. The lowest BCUT2D eigenvalue weighted by Gasteiger charge is -2.35. The van der Waals surface area contributed by atoms with E-state index in [2.05, 4.69) is 52.2 Å². The van der Waals surface area contributed by atoms with Crippen LogP contribution in [0.5, 0.6) is 0 Å². The van der Waals surface area contributed by atoms with Gasteiger partial charge in [-0.1, -0.05) is 75.1 Å². The van der Waals surface area contributed by atoms with E-state index < -0.39 is 17.9 Å². The highest BCUT2D eigenvalue weighted by atomic mass is 16.6. The van der Waals surface area contributed by atoms with Crippen molar-refractivity contribution >= 4 is 42.1 Å². The molecule has 0 heterocycles. The van der Waals surface area contributed by atoms with Gasteiger partial charge in [0.1, 0.15) is 6.61 Å². The SMILES string of the molecule is C=C(C)C(=O)OC(=O)C(=C)C.C=C(C)C(=O)OCCOC(CC(CC)OCCO)C(C(C)C)C(C)C(=O)OC(C)C.CCC(OCCO)C(C(C)C)C(C)C(=O)OC(C)C.O=C=O.O=C=O. The van der Waals surface area contributed by atoms with E-state index in [0.717, 1.165) is 12.8 Å². The zero-order valence-electron chi connectivity index (χ0n) is 42.3. The molecule has 0 aromatic heterocycles. The molecule has 0 aromatic rings. The maximum absolute atomic E-state index is 12.6. The molecule has 0 rings (SSSR count). The molecule has 0 radical (unpaired) electrons. The van der Waals surface area contributed by atoms with Crippen molar-refractivity contribution in [3.63, 3.8) is 0 Å². The van der Waals surface area contributed by atoms with Crippen molar-refractivity contribution in [1.82, 2.24) is 0 Å². The summed E-state index contributed by atoms with van der Waals surface area (Å²) in [5, 5.41) is 18.0. The Morgan fingerprint density at radius 2 is 0.864 bits per heavy atom. The highest BCUT2D eigenvalue weighted by Crippen LogP contribution is 2.32. The van der Waals surface area contributed by atoms with E-state index in [1.165, 1.54) is 13.8 Å². The number of rotatable bonds is 27. The van der Waals surface area contributed by atoms with Gasteiger partial charge in [-0.25, -0.2) is 14.4 Å². The monoisotopic (exact) mass is 947 g/mol. The Kier molecular flexibility index (Phi) is 45.8. The topological polar surface area (TPSA) is 259 Å². The van der Waals surface area contributed by atoms with E-state index in [1.54, 1.807) is 6.92 Å². The lowest BCUT2D eigenvalue weighted by Crippen LogP contribution is -2.40. The van der Waals surface area contributed by atoms with Gasteiger partial charge in [0.15, 0.2) is 0 Å². The number of hydrogen-bond acceptors (Lipinski definition) is 18. The summed E-state index contributed by atoms with van der Waals surface area (Å²) >= 11 is 0. The van der Waals surface area contributed by atoms with Crippen molar-refractivity contribution in [3.8, 4) is 0 Å². The van der Waals surface area contributed by atoms with E-state index in [0.29, 0.717) is 24.5 Å². The van der Waals surface area contributed by atoms with Crippen LogP contribution < -0.4 is 0 Å². The lowest BCUT2D eigenvalue weighted by atomic mass is 9.78. The summed E-state index contributed by atoms with van der Waals surface area (Å²) in [7, 11) is 0. The maximum Gasteiger partial charge on any atom is 0.373 e. The Labute approximate surface area is 393 Å². The van der Waals surface area contributed by atoms with Crippen molar-refractivity contribution in [2.45, 2.75) is 154 Å². The van der Waals surface area contributed by atoms with Crippen LogP contribution in [0.15, 0.2) is 36.5 Å². The van der Waals surface area contributed by atoms with Crippen molar-refractivity contribution < 1.29 is 86.5 Å². The van der Waals surface area contributed by atoms with Crippen LogP contribution in [0.25, 0.3) is 0 Å². The van der Waals surface area contributed by atoms with Crippen LogP contribution in [0.2, 0.25) is 0 Å². The van der Waals surface area contributed by atoms with Gasteiger partial charge in [-0.3, -0.25) is 9.59 Å². The average molecular weight is 947 g/mol. The molecule has 0 saturated carbocycles. The predicted octanol–water partition coefficient (Wildman–Crippen LogP) is 6.20. The van der Waals surface area contributed by atoms with Gasteiger partial charge < -0.3 is 43.4 Å². The minimum atomic E-state index is -0.710. The molecular formula is C48H82O18. The first-order valence-corrected chi connectivity index (χ1v) is 22.0. The molecule has 0 aromatic carbocycles. The average Bonchev–Trinajstić information content (AvgIpc) is 3.21. The van der Waals surface area contributed by atoms with Gasteiger partial charge in [0.05, 0.1) is 75.4 Å². The molecule has 0 fully saturated rings. The molecule has 0 bridgehead atoms. The quantitative estimate of drug-likeness (QED) is 0.0305. The third-order valence-corrected chi connectivity index (χ3v) is 9.10. The number of carbonyl (C=O) groups excluding carboxylic acids is 9. The third-order valence-electron chi connectivity index (χ3n) is 9.10. The molecule has 0 aliphatic carbocycles. The zero-order valence-corrected chi connectivity index (χ0v) is 42.3. The van der Waals surface area contributed by atoms with Crippen LogP contribution in [0, 0.1) is 35.5 Å². The van der Waals surface area contributed by atoms with E-state index in [1.807, 2.05) is 55.4 Å². The second-order valence-electron chi connectivity index (χ2n) is 16.3. The fraction of sp³-hybridized carbons (Fsp3) is 0.729. The normalized spacial score (nSPS) is 13.5. The molecule has 66 heavy (non-hydrogen) atoms. The van der Waals surface area contributed by atoms with Crippen molar-refractivity contribution in [3.05, 3.63) is 36.5 Å². The summed E-state index contributed by atoms with van der Waals surface area (Å²) in [6.07, 6.45) is 1.91. The van der Waals surface area contributed by atoms with Gasteiger partial charge >= 0.3 is 42.1 Å². The highest BCUT2D eigenvalue weighted by Gasteiger charge is 2.37. The Hall–Kier alpha value is -4.67. The summed E-state index contributed by atoms with van der Waals surface area (Å²) in [5.74, 6) is -2.41. The fourth-order valence-corrected chi connectivity index (χ4v) is 6.24. The van der Waals surface area contributed by atoms with E-state index >= 15 is 0 Å². The van der Waals surface area contributed by atoms with Gasteiger partial charge in [0, 0.05) is 35.0 Å². The molecular weight excluding hydrogens is 865 g/mol. The van der Waals surface area contributed by atoms with E-state index in [9.17, 15) is 24.0 Å². The van der Waals surface area contributed by atoms with Gasteiger partial charge in [-0.15, -0.1) is 0 Å². The Balaban J connectivity index is -0.000000292. The Morgan fingerprint density at radius 3 is 1.17 bits per heavy atom. The van der Waals surface area contributed by atoms with Crippen LogP contribution in [-0.4, -0.2) is 123 Å². The second kappa shape index (κ2) is 42.9. The van der Waals surface area contributed by atoms with Crippen LogP contribution in [0.4, 0.5) is 0 Å². The maximum atomic E-state index is 12.6. The number of ether oxygens (including phenoxy) is 7. The van der Waals surface area contributed by atoms with E-state index in [4.69, 9.17) is 57.8 Å². The van der Waals surface area contributed by atoms with Crippen molar-refractivity contribution in [1.29, 1.82) is 0 Å². The second-order valence-corrected chi connectivity index (χ2v) is 16.3. The predicted molar refractivity (Wildman–Crippen MR) is 243 cm³/mol. The van der Waals surface area contributed by atoms with E-state index in [-0.39, 0.29) is 129 Å². The summed E-state index contributed by atoms with van der Waals surface area (Å²) in [4.78, 5) is 90.1. The van der Waals surface area contributed by atoms with Crippen LogP contribution in [0.1, 0.15) is 123 Å². The van der Waals surface area contributed by atoms with Crippen molar-refractivity contribution in [2.24, 2.45) is 35.5 Å². The molecule has 18 heteroatoms. The molecule has 0 saturated heterocycles.